The van der Waals surface area contributed by atoms with Crippen LogP contribution in [-0.2, 0) is 0 Å². The third-order valence-corrected chi connectivity index (χ3v) is 5.13. The van der Waals surface area contributed by atoms with E-state index in [0.717, 1.165) is 24.3 Å². The van der Waals surface area contributed by atoms with Crippen LogP contribution in [0.3, 0.4) is 0 Å². The molecule has 176 valence electrons. The largest absolute Gasteiger partial charge is 0.497 e. The summed E-state index contributed by atoms with van der Waals surface area (Å²) in [5, 5.41) is 0.111. The highest BCUT2D eigenvalue weighted by Crippen LogP contribution is 2.36. The van der Waals surface area contributed by atoms with Crippen LogP contribution >= 0.6 is 0 Å². The van der Waals surface area contributed by atoms with Crippen LogP contribution in [0.15, 0.2) is 60.7 Å². The molecule has 4 aromatic carbocycles. The summed E-state index contributed by atoms with van der Waals surface area (Å²) in [6, 6.07) is 11.8. The first kappa shape index (κ1) is 23.4. The molecule has 0 amide bonds. The van der Waals surface area contributed by atoms with Crippen LogP contribution in [0, 0.1) is 23.3 Å². The van der Waals surface area contributed by atoms with E-state index in [9.17, 15) is 30.7 Å². The third kappa shape index (κ3) is 4.64. The van der Waals surface area contributed by atoms with Crippen molar-refractivity contribution in [2.45, 2.75) is 6.18 Å². The number of ether oxygens (including phenoxy) is 2. The molecule has 0 heterocycles. The highest BCUT2D eigenvalue weighted by Gasteiger charge is 2.29. The Morgan fingerprint density at radius 1 is 0.735 bits per heavy atom. The lowest BCUT2D eigenvalue weighted by Crippen LogP contribution is -2.19. The first-order valence-corrected chi connectivity index (χ1v) is 9.82. The molecule has 4 rings (SSSR count). The van der Waals surface area contributed by atoms with E-state index >= 15 is 0 Å². The number of methoxy groups -OCH3 is 1. The maximum absolute atomic E-state index is 14.9. The van der Waals surface area contributed by atoms with Gasteiger partial charge in [-0.25, -0.2) is 17.6 Å². The Labute approximate surface area is 189 Å². The van der Waals surface area contributed by atoms with E-state index < -0.39 is 47.4 Å². The van der Waals surface area contributed by atoms with Crippen molar-refractivity contribution in [3.63, 3.8) is 0 Å². The zero-order valence-corrected chi connectivity index (χ0v) is 17.4. The zero-order chi connectivity index (χ0) is 24.6. The van der Waals surface area contributed by atoms with Crippen LogP contribution in [0.5, 0.6) is 11.5 Å². The fourth-order valence-corrected chi connectivity index (χ4v) is 3.56. The van der Waals surface area contributed by atoms with Crippen LogP contribution in [0.2, 0.25) is 0 Å². The van der Waals surface area contributed by atoms with Gasteiger partial charge in [0, 0.05) is 17.0 Å². The Bertz CT molecular complexity index is 1360. The number of rotatable bonds is 5. The molecule has 0 radical (unpaired) electrons. The molecule has 0 saturated carbocycles. The maximum atomic E-state index is 14.9. The van der Waals surface area contributed by atoms with Crippen molar-refractivity contribution in [1.82, 2.24) is 0 Å². The molecular weight excluding hydrogens is 465 g/mol. The highest BCUT2D eigenvalue weighted by molar-refractivity contribution is 5.89. The number of alkyl halides is 3. The Kier molecular flexibility index (Phi) is 6.12. The highest BCUT2D eigenvalue weighted by atomic mass is 19.4. The summed E-state index contributed by atoms with van der Waals surface area (Å²) in [5.74, 6) is -4.06. The monoisotopic (exact) mass is 480 g/mol. The van der Waals surface area contributed by atoms with Crippen molar-refractivity contribution >= 4 is 10.8 Å². The van der Waals surface area contributed by atoms with E-state index in [1.54, 1.807) is 0 Å². The minimum atomic E-state index is -4.64. The second kappa shape index (κ2) is 8.89. The molecule has 0 aliphatic heterocycles. The molecule has 0 saturated heterocycles. The van der Waals surface area contributed by atoms with Crippen molar-refractivity contribution in [3.8, 4) is 33.8 Å². The van der Waals surface area contributed by atoms with E-state index in [0.29, 0.717) is 0 Å². The van der Waals surface area contributed by atoms with Crippen molar-refractivity contribution in [3.05, 3.63) is 83.9 Å². The van der Waals surface area contributed by atoms with E-state index in [4.69, 9.17) is 4.74 Å². The van der Waals surface area contributed by atoms with Crippen LogP contribution in [0.1, 0.15) is 0 Å². The Balaban J connectivity index is 1.71. The van der Waals surface area contributed by atoms with E-state index in [2.05, 4.69) is 4.74 Å². The Hall–Kier alpha value is -3.75. The molecule has 0 aliphatic carbocycles. The van der Waals surface area contributed by atoms with E-state index in [1.165, 1.54) is 43.5 Å². The molecule has 9 heteroatoms. The lowest BCUT2D eigenvalue weighted by atomic mass is 9.96. The summed E-state index contributed by atoms with van der Waals surface area (Å²) in [6.45, 7) is -1.66. The van der Waals surface area contributed by atoms with Gasteiger partial charge in [-0.3, -0.25) is 0 Å². The molecule has 0 spiro atoms. The quantitative estimate of drug-likeness (QED) is 0.273. The molecule has 0 atom stereocenters. The Morgan fingerprint density at radius 2 is 1.44 bits per heavy atom. The lowest BCUT2D eigenvalue weighted by Gasteiger charge is -2.13. The molecular formula is C25H15F7O2. The standard InChI is InChI=1S/C25H15F7O2/c1-33-16-4-6-17(19(26)11-16)15-9-20(27)23(21(28)10-15)14-2-5-18-13(8-14)3-7-22(24(18)29)34-12-25(30,31)32/h2-11H,12H2,1H3. The normalized spacial score (nSPS) is 11.6. The molecule has 0 bridgehead atoms. The molecule has 34 heavy (non-hydrogen) atoms. The van der Waals surface area contributed by atoms with Gasteiger partial charge in [0.15, 0.2) is 18.2 Å². The minimum absolute atomic E-state index is 0.0304. The molecule has 0 unspecified atom stereocenters. The van der Waals surface area contributed by atoms with E-state index in [-0.39, 0.29) is 33.2 Å². The second-order valence-corrected chi connectivity index (χ2v) is 7.38. The number of halogens is 7. The topological polar surface area (TPSA) is 18.5 Å². The van der Waals surface area contributed by atoms with Crippen LogP contribution < -0.4 is 9.47 Å². The lowest BCUT2D eigenvalue weighted by molar-refractivity contribution is -0.153. The van der Waals surface area contributed by atoms with Crippen LogP contribution in [0.25, 0.3) is 33.0 Å². The average molecular weight is 480 g/mol. The van der Waals surface area contributed by atoms with Gasteiger partial charge in [-0.05, 0) is 52.9 Å². The maximum Gasteiger partial charge on any atom is 0.422 e. The van der Waals surface area contributed by atoms with Crippen molar-refractivity contribution in [2.24, 2.45) is 0 Å². The molecule has 0 aromatic heterocycles. The van der Waals surface area contributed by atoms with Crippen molar-refractivity contribution < 1.29 is 40.2 Å². The first-order valence-electron chi connectivity index (χ1n) is 9.82. The van der Waals surface area contributed by atoms with Crippen molar-refractivity contribution in [1.29, 1.82) is 0 Å². The average Bonchev–Trinajstić information content (AvgIpc) is 2.77. The van der Waals surface area contributed by atoms with Gasteiger partial charge in [-0.15, -0.1) is 0 Å². The van der Waals surface area contributed by atoms with Gasteiger partial charge in [0.2, 0.25) is 0 Å². The summed E-state index contributed by atoms with van der Waals surface area (Å²) in [7, 11) is 1.36. The summed E-state index contributed by atoms with van der Waals surface area (Å²) >= 11 is 0. The van der Waals surface area contributed by atoms with Gasteiger partial charge in [0.05, 0.1) is 12.7 Å². The van der Waals surface area contributed by atoms with Gasteiger partial charge in [0.1, 0.15) is 23.2 Å². The number of fused-ring (bicyclic) bond motifs is 1. The van der Waals surface area contributed by atoms with Gasteiger partial charge in [-0.1, -0.05) is 18.2 Å². The Morgan fingerprint density at radius 3 is 2.06 bits per heavy atom. The third-order valence-electron chi connectivity index (χ3n) is 5.13. The molecule has 0 N–H and O–H groups in total. The predicted octanol–water partition coefficient (Wildman–Crippen LogP) is 7.68. The fraction of sp³-hybridized carbons (Fsp3) is 0.120. The fourth-order valence-electron chi connectivity index (χ4n) is 3.56. The van der Waals surface area contributed by atoms with Crippen molar-refractivity contribution in [2.75, 3.05) is 13.7 Å². The number of benzene rings is 4. The summed E-state index contributed by atoms with van der Waals surface area (Å²) in [5.41, 5.74) is -0.417. The van der Waals surface area contributed by atoms with Gasteiger partial charge in [-0.2, -0.15) is 13.2 Å². The SMILES string of the molecule is COc1ccc(-c2cc(F)c(-c3ccc4c(F)c(OCC(F)(F)F)ccc4c3)c(F)c2)c(F)c1. The van der Waals surface area contributed by atoms with E-state index in [1.807, 2.05) is 0 Å². The first-order chi connectivity index (χ1) is 16.1. The molecule has 0 aliphatic rings. The summed E-state index contributed by atoms with van der Waals surface area (Å²) in [6.07, 6.45) is -4.64. The summed E-state index contributed by atoms with van der Waals surface area (Å²) in [4.78, 5) is 0. The number of hydrogen-bond donors (Lipinski definition) is 0. The van der Waals surface area contributed by atoms with Gasteiger partial charge >= 0.3 is 6.18 Å². The van der Waals surface area contributed by atoms with Crippen LogP contribution in [0.4, 0.5) is 30.7 Å². The predicted molar refractivity (Wildman–Crippen MR) is 113 cm³/mol. The van der Waals surface area contributed by atoms with Crippen LogP contribution in [-0.4, -0.2) is 19.9 Å². The molecule has 0 fully saturated rings. The van der Waals surface area contributed by atoms with Gasteiger partial charge < -0.3 is 9.47 Å². The van der Waals surface area contributed by atoms with Gasteiger partial charge in [0.25, 0.3) is 0 Å². The molecule has 4 aromatic rings. The second-order valence-electron chi connectivity index (χ2n) is 7.38. The summed E-state index contributed by atoms with van der Waals surface area (Å²) < 4.78 is 105. The number of hydrogen-bond acceptors (Lipinski definition) is 2. The minimum Gasteiger partial charge on any atom is -0.497 e. The smallest absolute Gasteiger partial charge is 0.422 e. The molecule has 2 nitrogen and oxygen atoms in total. The zero-order valence-electron chi connectivity index (χ0n) is 17.4.